The largest absolute Gasteiger partial charge is 0.423 e. The van der Waals surface area contributed by atoms with E-state index in [4.69, 9.17) is 15.7 Å². The molecule has 2 N–H and O–H groups in total. The molecule has 1 aromatic carbocycles. The number of hydrogen-bond acceptors (Lipinski definition) is 5. The standard InChI is InChI=1S/C11H8N4O/c12-7-8-3-1-2-4-9(8)16-11-14-6-5-10(13)15-11/h1-6H,(H2,13,14,15). The van der Waals surface area contributed by atoms with Crippen LogP contribution in [0.5, 0.6) is 11.8 Å². The number of nitrogen functional groups attached to an aromatic ring is 1. The number of nitrogens with zero attached hydrogens (tertiary/aromatic N) is 3. The van der Waals surface area contributed by atoms with Crippen molar-refractivity contribution < 1.29 is 4.74 Å². The first kappa shape index (κ1) is 9.93. The average Bonchev–Trinajstić information content (AvgIpc) is 2.30. The van der Waals surface area contributed by atoms with Gasteiger partial charge in [-0.15, -0.1) is 0 Å². The molecule has 0 saturated carbocycles. The molecule has 16 heavy (non-hydrogen) atoms. The minimum atomic E-state index is 0.128. The Morgan fingerprint density at radius 3 is 2.81 bits per heavy atom. The third-order valence-electron chi connectivity index (χ3n) is 1.86. The van der Waals surface area contributed by atoms with E-state index in [-0.39, 0.29) is 6.01 Å². The third-order valence-corrected chi connectivity index (χ3v) is 1.86. The van der Waals surface area contributed by atoms with E-state index < -0.39 is 0 Å². The van der Waals surface area contributed by atoms with Crippen molar-refractivity contribution in [2.45, 2.75) is 0 Å². The molecule has 0 amide bonds. The Balaban J connectivity index is 2.31. The van der Waals surface area contributed by atoms with Gasteiger partial charge in [0, 0.05) is 6.20 Å². The first-order chi connectivity index (χ1) is 7.79. The van der Waals surface area contributed by atoms with Crippen LogP contribution in [-0.2, 0) is 0 Å². The summed E-state index contributed by atoms with van der Waals surface area (Å²) in [6.45, 7) is 0. The van der Waals surface area contributed by atoms with Crippen LogP contribution in [0.2, 0.25) is 0 Å². The second kappa shape index (κ2) is 4.28. The van der Waals surface area contributed by atoms with Crippen molar-refractivity contribution in [3.63, 3.8) is 0 Å². The van der Waals surface area contributed by atoms with Crippen molar-refractivity contribution >= 4 is 5.82 Å². The average molecular weight is 212 g/mol. The molecule has 5 nitrogen and oxygen atoms in total. The van der Waals surface area contributed by atoms with Gasteiger partial charge in [-0.05, 0) is 18.2 Å². The maximum absolute atomic E-state index is 8.86. The van der Waals surface area contributed by atoms with Crippen molar-refractivity contribution in [3.8, 4) is 17.8 Å². The van der Waals surface area contributed by atoms with Crippen molar-refractivity contribution in [2.75, 3.05) is 5.73 Å². The molecule has 0 aliphatic rings. The molecule has 0 saturated heterocycles. The lowest BCUT2D eigenvalue weighted by Crippen LogP contribution is -1.96. The lowest BCUT2D eigenvalue weighted by atomic mass is 10.2. The topological polar surface area (TPSA) is 84.8 Å². The fourth-order valence-electron chi connectivity index (χ4n) is 1.15. The van der Waals surface area contributed by atoms with Gasteiger partial charge in [0.2, 0.25) is 0 Å². The van der Waals surface area contributed by atoms with E-state index in [0.29, 0.717) is 17.1 Å². The quantitative estimate of drug-likeness (QED) is 0.819. The van der Waals surface area contributed by atoms with Crippen LogP contribution in [0, 0.1) is 11.3 Å². The lowest BCUT2D eigenvalue weighted by molar-refractivity contribution is 0.441. The number of nitrogens with two attached hydrogens (primary N) is 1. The molecule has 5 heteroatoms. The molecule has 0 spiro atoms. The van der Waals surface area contributed by atoms with Crippen molar-refractivity contribution in [3.05, 3.63) is 42.1 Å². The summed E-state index contributed by atoms with van der Waals surface area (Å²) in [5, 5.41) is 8.86. The number of anilines is 1. The van der Waals surface area contributed by atoms with E-state index in [1.165, 1.54) is 6.20 Å². The summed E-state index contributed by atoms with van der Waals surface area (Å²) in [7, 11) is 0. The highest BCUT2D eigenvalue weighted by Gasteiger charge is 2.05. The van der Waals surface area contributed by atoms with Crippen LogP contribution in [-0.4, -0.2) is 9.97 Å². The molecular formula is C11H8N4O. The summed E-state index contributed by atoms with van der Waals surface area (Å²) in [4.78, 5) is 7.77. The van der Waals surface area contributed by atoms with Crippen LogP contribution < -0.4 is 10.5 Å². The highest BCUT2D eigenvalue weighted by atomic mass is 16.5. The Labute approximate surface area is 92.1 Å². The molecule has 0 radical (unpaired) electrons. The summed E-state index contributed by atoms with van der Waals surface area (Å²) in [5.74, 6) is 0.732. The summed E-state index contributed by atoms with van der Waals surface area (Å²) in [6.07, 6.45) is 1.49. The monoisotopic (exact) mass is 212 g/mol. The first-order valence-electron chi connectivity index (χ1n) is 4.55. The summed E-state index contributed by atoms with van der Waals surface area (Å²) in [6, 6.07) is 10.6. The number of nitriles is 1. The van der Waals surface area contributed by atoms with Crippen molar-refractivity contribution in [2.24, 2.45) is 0 Å². The lowest BCUT2D eigenvalue weighted by Gasteiger charge is -2.04. The van der Waals surface area contributed by atoms with Crippen molar-refractivity contribution in [1.29, 1.82) is 5.26 Å². The Bertz CT molecular complexity index is 548. The molecule has 0 fully saturated rings. The van der Waals surface area contributed by atoms with Gasteiger partial charge < -0.3 is 10.5 Å². The van der Waals surface area contributed by atoms with Gasteiger partial charge in [0.1, 0.15) is 17.6 Å². The molecule has 2 aromatic rings. The number of rotatable bonds is 2. The van der Waals surface area contributed by atoms with Crippen LogP contribution >= 0.6 is 0 Å². The third kappa shape index (κ3) is 2.07. The van der Waals surface area contributed by atoms with Gasteiger partial charge in [-0.3, -0.25) is 0 Å². The second-order valence-electron chi connectivity index (χ2n) is 2.97. The fraction of sp³-hybridized carbons (Fsp3) is 0. The van der Waals surface area contributed by atoms with E-state index in [1.54, 1.807) is 30.3 Å². The molecule has 0 unspecified atom stereocenters. The van der Waals surface area contributed by atoms with E-state index in [1.807, 2.05) is 6.07 Å². The van der Waals surface area contributed by atoms with Gasteiger partial charge in [-0.2, -0.15) is 10.2 Å². The molecule has 1 heterocycles. The molecule has 0 bridgehead atoms. The van der Waals surface area contributed by atoms with E-state index in [9.17, 15) is 0 Å². The Morgan fingerprint density at radius 2 is 2.06 bits per heavy atom. The van der Waals surface area contributed by atoms with Crippen LogP contribution in [0.15, 0.2) is 36.5 Å². The van der Waals surface area contributed by atoms with Gasteiger partial charge in [-0.25, -0.2) is 4.98 Å². The van der Waals surface area contributed by atoms with Gasteiger partial charge in [0.05, 0.1) is 5.56 Å². The predicted octanol–water partition coefficient (Wildman–Crippen LogP) is 1.72. The molecule has 0 aliphatic carbocycles. The highest BCUT2D eigenvalue weighted by molar-refractivity contribution is 5.43. The predicted molar refractivity (Wildman–Crippen MR) is 57.7 cm³/mol. The summed E-state index contributed by atoms with van der Waals surface area (Å²) < 4.78 is 5.36. The smallest absolute Gasteiger partial charge is 0.323 e. The zero-order chi connectivity index (χ0) is 11.4. The molecule has 1 aromatic heterocycles. The molecule has 0 aliphatic heterocycles. The van der Waals surface area contributed by atoms with E-state index in [2.05, 4.69) is 9.97 Å². The normalized spacial score (nSPS) is 9.44. The minimum Gasteiger partial charge on any atom is -0.423 e. The fourth-order valence-corrected chi connectivity index (χ4v) is 1.15. The Kier molecular flexibility index (Phi) is 2.65. The molecule has 78 valence electrons. The number of hydrogen-bond donors (Lipinski definition) is 1. The van der Waals surface area contributed by atoms with Gasteiger partial charge in [0.15, 0.2) is 0 Å². The summed E-state index contributed by atoms with van der Waals surface area (Å²) >= 11 is 0. The number of para-hydroxylation sites is 1. The number of ether oxygens (including phenoxy) is 1. The second-order valence-corrected chi connectivity index (χ2v) is 2.97. The number of aromatic nitrogens is 2. The molecule has 2 rings (SSSR count). The van der Waals surface area contributed by atoms with Gasteiger partial charge >= 0.3 is 6.01 Å². The van der Waals surface area contributed by atoms with Crippen LogP contribution in [0.25, 0.3) is 0 Å². The van der Waals surface area contributed by atoms with Gasteiger partial charge in [0.25, 0.3) is 0 Å². The van der Waals surface area contributed by atoms with Crippen LogP contribution in [0.1, 0.15) is 5.56 Å². The summed E-state index contributed by atoms with van der Waals surface area (Å²) in [5.41, 5.74) is 5.91. The highest BCUT2D eigenvalue weighted by Crippen LogP contribution is 2.21. The molecular weight excluding hydrogens is 204 g/mol. The van der Waals surface area contributed by atoms with Crippen molar-refractivity contribution in [1.82, 2.24) is 9.97 Å². The van der Waals surface area contributed by atoms with Crippen LogP contribution in [0.4, 0.5) is 5.82 Å². The minimum absolute atomic E-state index is 0.128. The zero-order valence-electron chi connectivity index (χ0n) is 8.29. The Hall–Kier alpha value is -2.61. The van der Waals surface area contributed by atoms with E-state index >= 15 is 0 Å². The molecule has 0 atom stereocenters. The maximum Gasteiger partial charge on any atom is 0.323 e. The maximum atomic E-state index is 8.86. The number of benzene rings is 1. The SMILES string of the molecule is N#Cc1ccccc1Oc1nccc(N)n1. The first-order valence-corrected chi connectivity index (χ1v) is 4.55. The zero-order valence-corrected chi connectivity index (χ0v) is 8.29. The van der Waals surface area contributed by atoms with E-state index in [0.717, 1.165) is 0 Å². The van der Waals surface area contributed by atoms with Crippen LogP contribution in [0.3, 0.4) is 0 Å². The Morgan fingerprint density at radius 1 is 1.25 bits per heavy atom. The van der Waals surface area contributed by atoms with Gasteiger partial charge in [-0.1, -0.05) is 12.1 Å².